The Hall–Kier alpha value is -1.35. The number of aliphatic hydroxyl groups is 1. The molecule has 0 atom stereocenters. The van der Waals surface area contributed by atoms with Crippen molar-refractivity contribution < 1.29 is 5.11 Å². The minimum Gasteiger partial charge on any atom is -0.398 e. The van der Waals surface area contributed by atoms with Crippen molar-refractivity contribution in [2.45, 2.75) is 19.4 Å². The van der Waals surface area contributed by atoms with Crippen LogP contribution in [0, 0.1) is 0 Å². The molecular formula is C11H16N2O. The molecule has 1 rings (SSSR count). The van der Waals surface area contributed by atoms with Gasteiger partial charge in [0, 0.05) is 17.5 Å². The summed E-state index contributed by atoms with van der Waals surface area (Å²) >= 11 is 0. The van der Waals surface area contributed by atoms with Gasteiger partial charge in [-0.05, 0) is 19.9 Å². The van der Waals surface area contributed by atoms with E-state index in [4.69, 9.17) is 5.73 Å². The normalized spacial score (nSPS) is 12.2. The summed E-state index contributed by atoms with van der Waals surface area (Å²) in [6.45, 7) is 3.82. The van der Waals surface area contributed by atoms with Gasteiger partial charge in [0.2, 0.25) is 0 Å². The second kappa shape index (κ2) is 4.24. The maximum absolute atomic E-state index is 9.42. The van der Waals surface area contributed by atoms with Crippen LogP contribution in [0.25, 0.3) is 0 Å². The Morgan fingerprint density at radius 2 is 2.07 bits per heavy atom. The number of hydrogen-bond donors (Lipinski definition) is 2. The fourth-order valence-corrected chi connectivity index (χ4v) is 0.996. The van der Waals surface area contributed by atoms with Gasteiger partial charge in [-0.25, -0.2) is 0 Å². The molecule has 0 aliphatic rings. The topological polar surface area (TPSA) is 58.6 Å². The van der Waals surface area contributed by atoms with E-state index in [2.05, 4.69) is 4.99 Å². The highest BCUT2D eigenvalue weighted by molar-refractivity contribution is 5.86. The summed E-state index contributed by atoms with van der Waals surface area (Å²) in [4.78, 5) is 4.12. The quantitative estimate of drug-likeness (QED) is 0.562. The van der Waals surface area contributed by atoms with Crippen molar-refractivity contribution in [2.24, 2.45) is 4.99 Å². The lowest BCUT2D eigenvalue weighted by molar-refractivity contribution is 0.0906. The average Bonchev–Trinajstić information content (AvgIpc) is 2.06. The second-order valence-electron chi connectivity index (χ2n) is 3.91. The summed E-state index contributed by atoms with van der Waals surface area (Å²) in [6, 6.07) is 7.50. The van der Waals surface area contributed by atoms with Crippen LogP contribution < -0.4 is 5.73 Å². The summed E-state index contributed by atoms with van der Waals surface area (Å²) in [5, 5.41) is 9.42. The van der Waals surface area contributed by atoms with Gasteiger partial charge in [0.15, 0.2) is 0 Å². The van der Waals surface area contributed by atoms with Gasteiger partial charge >= 0.3 is 0 Å². The molecule has 3 heteroatoms. The highest BCUT2D eigenvalue weighted by Gasteiger charge is 2.09. The number of benzene rings is 1. The van der Waals surface area contributed by atoms with Crippen molar-refractivity contribution in [2.75, 3.05) is 12.3 Å². The molecule has 0 unspecified atom stereocenters. The van der Waals surface area contributed by atoms with Gasteiger partial charge in [0.25, 0.3) is 0 Å². The number of rotatable bonds is 3. The van der Waals surface area contributed by atoms with E-state index in [1.807, 2.05) is 24.3 Å². The number of para-hydroxylation sites is 1. The number of nitrogens with two attached hydrogens (primary N) is 1. The first kappa shape index (κ1) is 10.7. The van der Waals surface area contributed by atoms with Crippen molar-refractivity contribution in [1.82, 2.24) is 0 Å². The molecule has 0 heterocycles. The zero-order valence-electron chi connectivity index (χ0n) is 8.57. The molecule has 0 spiro atoms. The minimum absolute atomic E-state index is 0.376. The molecule has 3 nitrogen and oxygen atoms in total. The van der Waals surface area contributed by atoms with Crippen molar-refractivity contribution in [3.05, 3.63) is 29.8 Å². The SMILES string of the molecule is CC(C)(O)CN=Cc1ccccc1N. The van der Waals surface area contributed by atoms with E-state index < -0.39 is 5.60 Å². The maximum Gasteiger partial charge on any atom is 0.0786 e. The first-order valence-corrected chi connectivity index (χ1v) is 4.56. The summed E-state index contributed by atoms with van der Waals surface area (Å²) in [7, 11) is 0. The molecule has 76 valence electrons. The molecule has 0 saturated heterocycles. The van der Waals surface area contributed by atoms with Gasteiger partial charge in [0.05, 0.1) is 12.1 Å². The molecule has 1 aromatic rings. The van der Waals surface area contributed by atoms with Gasteiger partial charge in [-0.2, -0.15) is 0 Å². The molecule has 0 fully saturated rings. The van der Waals surface area contributed by atoms with E-state index in [0.717, 1.165) is 5.56 Å². The predicted octanol–water partition coefficient (Wildman–Crippen LogP) is 1.46. The highest BCUT2D eigenvalue weighted by Crippen LogP contribution is 2.08. The average molecular weight is 192 g/mol. The number of nitrogens with zero attached hydrogens (tertiary/aromatic N) is 1. The van der Waals surface area contributed by atoms with E-state index in [0.29, 0.717) is 12.2 Å². The largest absolute Gasteiger partial charge is 0.398 e. The molecule has 0 bridgehead atoms. The molecule has 14 heavy (non-hydrogen) atoms. The van der Waals surface area contributed by atoms with E-state index in [1.54, 1.807) is 20.1 Å². The third-order valence-corrected chi connectivity index (χ3v) is 1.70. The molecular weight excluding hydrogens is 176 g/mol. The second-order valence-corrected chi connectivity index (χ2v) is 3.91. The third-order valence-electron chi connectivity index (χ3n) is 1.70. The first-order chi connectivity index (χ1) is 6.49. The van der Waals surface area contributed by atoms with Crippen LogP contribution in [0.15, 0.2) is 29.3 Å². The number of aliphatic imine (C=N–C) groups is 1. The van der Waals surface area contributed by atoms with E-state index in [1.165, 1.54) is 0 Å². The standard InChI is InChI=1S/C11H16N2O/c1-11(2,14)8-13-7-9-5-3-4-6-10(9)12/h3-7,14H,8,12H2,1-2H3. The van der Waals surface area contributed by atoms with Crippen LogP contribution in [-0.4, -0.2) is 23.5 Å². The molecule has 0 aromatic heterocycles. The zero-order chi connectivity index (χ0) is 10.6. The first-order valence-electron chi connectivity index (χ1n) is 4.56. The number of hydrogen-bond acceptors (Lipinski definition) is 3. The van der Waals surface area contributed by atoms with Crippen molar-refractivity contribution in [1.29, 1.82) is 0 Å². The molecule has 3 N–H and O–H groups in total. The van der Waals surface area contributed by atoms with Crippen molar-refractivity contribution in [3.63, 3.8) is 0 Å². The summed E-state index contributed by atoms with van der Waals surface area (Å²) in [6.07, 6.45) is 1.69. The Balaban J connectivity index is 2.65. The monoisotopic (exact) mass is 192 g/mol. The Morgan fingerprint density at radius 1 is 1.43 bits per heavy atom. The number of nitrogen functional groups attached to an aromatic ring is 1. The van der Waals surface area contributed by atoms with Crippen LogP contribution in [0.4, 0.5) is 5.69 Å². The smallest absolute Gasteiger partial charge is 0.0786 e. The van der Waals surface area contributed by atoms with Crippen LogP contribution in [0.5, 0.6) is 0 Å². The Kier molecular flexibility index (Phi) is 3.25. The molecule has 0 aliphatic heterocycles. The van der Waals surface area contributed by atoms with Crippen LogP contribution in [0.1, 0.15) is 19.4 Å². The fraction of sp³-hybridized carbons (Fsp3) is 0.364. The van der Waals surface area contributed by atoms with Gasteiger partial charge < -0.3 is 10.8 Å². The third kappa shape index (κ3) is 3.58. The van der Waals surface area contributed by atoms with Crippen LogP contribution in [0.2, 0.25) is 0 Å². The Labute approximate surface area is 84.3 Å². The van der Waals surface area contributed by atoms with Crippen LogP contribution in [0.3, 0.4) is 0 Å². The van der Waals surface area contributed by atoms with Gasteiger partial charge in [-0.15, -0.1) is 0 Å². The van der Waals surface area contributed by atoms with E-state index in [9.17, 15) is 5.11 Å². The predicted molar refractivity (Wildman–Crippen MR) is 59.6 cm³/mol. The lowest BCUT2D eigenvalue weighted by atomic mass is 10.1. The summed E-state index contributed by atoms with van der Waals surface area (Å²) < 4.78 is 0. The molecule has 1 aromatic carbocycles. The lowest BCUT2D eigenvalue weighted by Gasteiger charge is -2.12. The van der Waals surface area contributed by atoms with Crippen LogP contribution in [-0.2, 0) is 0 Å². The molecule has 0 saturated carbocycles. The highest BCUT2D eigenvalue weighted by atomic mass is 16.3. The Morgan fingerprint density at radius 3 is 2.64 bits per heavy atom. The molecule has 0 aliphatic carbocycles. The summed E-state index contributed by atoms with van der Waals surface area (Å²) in [5.74, 6) is 0. The zero-order valence-corrected chi connectivity index (χ0v) is 8.57. The van der Waals surface area contributed by atoms with Crippen LogP contribution >= 0.6 is 0 Å². The van der Waals surface area contributed by atoms with Crippen molar-refractivity contribution >= 4 is 11.9 Å². The van der Waals surface area contributed by atoms with Gasteiger partial charge in [0.1, 0.15) is 0 Å². The van der Waals surface area contributed by atoms with Gasteiger partial charge in [-0.3, -0.25) is 4.99 Å². The number of anilines is 1. The van der Waals surface area contributed by atoms with E-state index >= 15 is 0 Å². The van der Waals surface area contributed by atoms with Crippen molar-refractivity contribution in [3.8, 4) is 0 Å². The van der Waals surface area contributed by atoms with E-state index in [-0.39, 0.29) is 0 Å². The fourth-order valence-electron chi connectivity index (χ4n) is 0.996. The molecule has 0 amide bonds. The lowest BCUT2D eigenvalue weighted by Crippen LogP contribution is -2.22. The molecule has 0 radical (unpaired) electrons. The Bertz CT molecular complexity index is 326. The maximum atomic E-state index is 9.42. The summed E-state index contributed by atoms with van der Waals surface area (Å²) in [5.41, 5.74) is 6.54. The van der Waals surface area contributed by atoms with Gasteiger partial charge in [-0.1, -0.05) is 18.2 Å². The minimum atomic E-state index is -0.764.